The Morgan fingerprint density at radius 1 is 1.00 bits per heavy atom. The van der Waals surface area contributed by atoms with Crippen LogP contribution in [-0.4, -0.2) is 21.8 Å². The Labute approximate surface area is 189 Å². The molecule has 1 fully saturated rings. The van der Waals surface area contributed by atoms with Gasteiger partial charge in [0.15, 0.2) is 0 Å². The number of amides is 1. The molecule has 0 bridgehead atoms. The average Bonchev–Trinajstić information content (AvgIpc) is 3.03. The second-order valence-electron chi connectivity index (χ2n) is 7.61. The van der Waals surface area contributed by atoms with E-state index in [4.69, 9.17) is 0 Å². The Kier molecular flexibility index (Phi) is 5.50. The molecule has 1 atom stereocenters. The van der Waals surface area contributed by atoms with Crippen LogP contribution >= 0.6 is 15.9 Å². The molecule has 1 aromatic heterocycles. The molecule has 1 unspecified atom stereocenters. The van der Waals surface area contributed by atoms with Crippen LogP contribution < -0.4 is 4.90 Å². The molecule has 2 heterocycles. The van der Waals surface area contributed by atoms with Crippen molar-refractivity contribution < 1.29 is 14.7 Å². The van der Waals surface area contributed by atoms with Gasteiger partial charge in [-0.15, -0.1) is 0 Å². The average molecular weight is 477 g/mol. The lowest BCUT2D eigenvalue weighted by molar-refractivity contribution is -0.132. The Bertz CT molecular complexity index is 1230. The summed E-state index contributed by atoms with van der Waals surface area (Å²) in [7, 11) is 0. The molecule has 0 aliphatic carbocycles. The highest BCUT2D eigenvalue weighted by Crippen LogP contribution is 2.43. The van der Waals surface area contributed by atoms with Gasteiger partial charge in [-0.2, -0.15) is 0 Å². The van der Waals surface area contributed by atoms with Gasteiger partial charge in [0.1, 0.15) is 11.8 Å². The summed E-state index contributed by atoms with van der Waals surface area (Å²) in [5.41, 5.74) is 4.45. The third-order valence-electron chi connectivity index (χ3n) is 5.68. The summed E-state index contributed by atoms with van der Waals surface area (Å²) in [5.74, 6) is -1.62. The van der Waals surface area contributed by atoms with Gasteiger partial charge >= 0.3 is 0 Å². The monoisotopic (exact) mass is 476 g/mol. The summed E-state index contributed by atoms with van der Waals surface area (Å²) in [4.78, 5) is 32.3. The zero-order valence-corrected chi connectivity index (χ0v) is 19.0. The highest BCUT2D eigenvalue weighted by Gasteiger charge is 2.48. The van der Waals surface area contributed by atoms with Crippen LogP contribution in [0, 0.1) is 20.8 Å². The van der Waals surface area contributed by atoms with Crippen LogP contribution in [0.5, 0.6) is 0 Å². The molecular formula is C25H21BrN2O3. The van der Waals surface area contributed by atoms with Gasteiger partial charge < -0.3 is 5.11 Å². The van der Waals surface area contributed by atoms with Crippen LogP contribution in [0.2, 0.25) is 0 Å². The van der Waals surface area contributed by atoms with Crippen molar-refractivity contribution in [2.24, 2.45) is 0 Å². The fourth-order valence-corrected chi connectivity index (χ4v) is 4.09. The van der Waals surface area contributed by atoms with E-state index in [2.05, 4.69) is 20.9 Å². The molecule has 1 amide bonds. The molecule has 2 aromatic carbocycles. The summed E-state index contributed by atoms with van der Waals surface area (Å²) in [6.07, 6.45) is 1.61. The predicted molar refractivity (Wildman–Crippen MR) is 124 cm³/mol. The minimum atomic E-state index is -0.828. The maximum absolute atomic E-state index is 13.2. The second kappa shape index (κ2) is 8.12. The number of hydrogen-bond donors (Lipinski definition) is 1. The summed E-state index contributed by atoms with van der Waals surface area (Å²) in [5, 5.41) is 11.2. The van der Waals surface area contributed by atoms with Crippen molar-refractivity contribution in [3.63, 3.8) is 0 Å². The number of carbonyl (C=O) groups is 2. The minimum Gasteiger partial charge on any atom is -0.507 e. The van der Waals surface area contributed by atoms with Crippen molar-refractivity contribution in [1.82, 2.24) is 4.98 Å². The lowest BCUT2D eigenvalue weighted by atomic mass is 9.97. The number of hydrogen-bond acceptors (Lipinski definition) is 4. The molecule has 0 saturated carbocycles. The highest BCUT2D eigenvalue weighted by molar-refractivity contribution is 9.10. The number of aromatic nitrogens is 1. The van der Waals surface area contributed by atoms with Crippen LogP contribution in [0.4, 0.5) is 5.69 Å². The number of aliphatic hydroxyl groups excluding tert-OH is 1. The van der Waals surface area contributed by atoms with Gasteiger partial charge in [-0.1, -0.05) is 40.2 Å². The molecule has 31 heavy (non-hydrogen) atoms. The van der Waals surface area contributed by atoms with Crippen molar-refractivity contribution in [1.29, 1.82) is 0 Å². The van der Waals surface area contributed by atoms with Gasteiger partial charge in [0.05, 0.1) is 11.3 Å². The number of nitrogens with zero attached hydrogens (tertiary/aromatic N) is 2. The zero-order valence-electron chi connectivity index (χ0n) is 17.4. The maximum atomic E-state index is 13.2. The van der Waals surface area contributed by atoms with Crippen LogP contribution in [-0.2, 0) is 9.59 Å². The number of benzene rings is 2. The number of pyridine rings is 1. The Morgan fingerprint density at radius 3 is 2.45 bits per heavy atom. The number of rotatable bonds is 3. The molecular weight excluding hydrogens is 456 g/mol. The van der Waals surface area contributed by atoms with E-state index in [1.54, 1.807) is 42.6 Å². The molecule has 0 radical (unpaired) electrons. The Morgan fingerprint density at radius 2 is 1.77 bits per heavy atom. The van der Waals surface area contributed by atoms with Crippen molar-refractivity contribution in [2.75, 3.05) is 4.90 Å². The first-order chi connectivity index (χ1) is 14.8. The van der Waals surface area contributed by atoms with Gasteiger partial charge in [0.2, 0.25) is 0 Å². The van der Waals surface area contributed by atoms with E-state index < -0.39 is 17.7 Å². The van der Waals surface area contributed by atoms with E-state index in [0.29, 0.717) is 16.9 Å². The van der Waals surface area contributed by atoms with Gasteiger partial charge in [-0.3, -0.25) is 19.5 Å². The molecule has 1 aliphatic rings. The molecule has 156 valence electrons. The van der Waals surface area contributed by atoms with E-state index in [9.17, 15) is 14.7 Å². The second-order valence-corrected chi connectivity index (χ2v) is 8.46. The Balaban J connectivity index is 1.98. The predicted octanol–water partition coefficient (Wildman–Crippen LogP) is 5.40. The van der Waals surface area contributed by atoms with Gasteiger partial charge in [-0.05, 0) is 67.8 Å². The lowest BCUT2D eigenvalue weighted by Crippen LogP contribution is -2.30. The van der Waals surface area contributed by atoms with Crippen molar-refractivity contribution >= 4 is 39.1 Å². The SMILES string of the molecule is Cc1cc(/C(O)=C2\C(=O)C(=O)N(c3cccc(C)c3C)C2c2ccccn2)ccc1Br. The molecule has 1 saturated heterocycles. The standard InChI is InChI=1S/C25H21BrN2O3/c1-14-7-6-9-20(16(14)3)28-22(19-8-4-5-12-27-19)21(24(30)25(28)31)23(29)17-10-11-18(26)15(2)13-17/h4-13,22,29H,1-3H3/b23-21+. The van der Waals surface area contributed by atoms with Crippen molar-refractivity contribution in [2.45, 2.75) is 26.8 Å². The van der Waals surface area contributed by atoms with Crippen LogP contribution in [0.3, 0.4) is 0 Å². The van der Waals surface area contributed by atoms with Crippen molar-refractivity contribution in [3.8, 4) is 0 Å². The first-order valence-corrected chi connectivity index (χ1v) is 10.6. The largest absolute Gasteiger partial charge is 0.507 e. The molecule has 1 N–H and O–H groups in total. The number of carbonyl (C=O) groups excluding carboxylic acids is 2. The quantitative estimate of drug-likeness (QED) is 0.312. The first-order valence-electron chi connectivity index (χ1n) is 9.86. The lowest BCUT2D eigenvalue weighted by Gasteiger charge is -2.26. The van der Waals surface area contributed by atoms with Crippen LogP contribution in [0.1, 0.15) is 34.0 Å². The summed E-state index contributed by atoms with van der Waals surface area (Å²) in [6.45, 7) is 5.76. The Hall–Kier alpha value is -3.25. The third kappa shape index (κ3) is 3.57. The maximum Gasteiger partial charge on any atom is 0.300 e. The molecule has 6 heteroatoms. The topological polar surface area (TPSA) is 70.5 Å². The van der Waals surface area contributed by atoms with E-state index in [0.717, 1.165) is 21.2 Å². The van der Waals surface area contributed by atoms with Gasteiger partial charge in [0.25, 0.3) is 11.7 Å². The normalized spacial score (nSPS) is 17.9. The minimum absolute atomic E-state index is 0.0336. The summed E-state index contributed by atoms with van der Waals surface area (Å²) in [6, 6.07) is 15.4. The van der Waals surface area contributed by atoms with E-state index in [-0.39, 0.29) is 11.3 Å². The molecule has 5 nitrogen and oxygen atoms in total. The number of aliphatic hydroxyl groups is 1. The number of halogens is 1. The molecule has 3 aromatic rings. The van der Waals surface area contributed by atoms with Gasteiger partial charge in [0, 0.05) is 21.9 Å². The summed E-state index contributed by atoms with van der Waals surface area (Å²) >= 11 is 3.45. The summed E-state index contributed by atoms with van der Waals surface area (Å²) < 4.78 is 0.890. The fourth-order valence-electron chi connectivity index (χ4n) is 3.84. The van der Waals surface area contributed by atoms with Crippen LogP contribution in [0.25, 0.3) is 5.76 Å². The van der Waals surface area contributed by atoms with Crippen LogP contribution in [0.15, 0.2) is 70.8 Å². The molecule has 1 aliphatic heterocycles. The number of anilines is 1. The highest BCUT2D eigenvalue weighted by atomic mass is 79.9. The first kappa shape index (κ1) is 21.0. The van der Waals surface area contributed by atoms with Gasteiger partial charge in [-0.25, -0.2) is 0 Å². The van der Waals surface area contributed by atoms with E-state index >= 15 is 0 Å². The van der Waals surface area contributed by atoms with E-state index in [1.165, 1.54) is 4.90 Å². The smallest absolute Gasteiger partial charge is 0.300 e. The van der Waals surface area contributed by atoms with Crippen molar-refractivity contribution in [3.05, 3.63) is 98.8 Å². The fraction of sp³-hybridized carbons (Fsp3) is 0.160. The number of ketones is 1. The number of aryl methyl sites for hydroxylation is 2. The molecule has 0 spiro atoms. The third-order valence-corrected chi connectivity index (χ3v) is 6.57. The zero-order chi connectivity index (χ0) is 22.3. The number of Topliss-reactive ketones (excluding diaryl/α,β-unsaturated/α-hetero) is 1. The molecule has 4 rings (SSSR count). The van der Waals surface area contributed by atoms with E-state index in [1.807, 2.05) is 39.0 Å².